The van der Waals surface area contributed by atoms with Crippen molar-refractivity contribution in [3.05, 3.63) is 92.7 Å². The summed E-state index contributed by atoms with van der Waals surface area (Å²) in [5.41, 5.74) is 4.93. The van der Waals surface area contributed by atoms with Crippen LogP contribution in [0, 0.1) is 18.8 Å². The molecule has 2 nitrogen and oxygen atoms in total. The number of thioether (sulfide) groups is 1. The van der Waals surface area contributed by atoms with Gasteiger partial charge in [0.15, 0.2) is 0 Å². The Morgan fingerprint density at radius 3 is 2.39 bits per heavy atom. The van der Waals surface area contributed by atoms with Gasteiger partial charge in [0.1, 0.15) is 0 Å². The molecule has 0 unspecified atom stereocenters. The fourth-order valence-electron chi connectivity index (χ4n) is 3.48. The maximum Gasteiger partial charge on any atom is 0.338 e. The van der Waals surface area contributed by atoms with E-state index in [1.54, 1.807) is 19.1 Å². The van der Waals surface area contributed by atoms with Crippen LogP contribution in [0.3, 0.4) is 0 Å². The average molecular weight is 445 g/mol. The van der Waals surface area contributed by atoms with Crippen LogP contribution in [0.15, 0.2) is 65.6 Å². The third-order valence-corrected chi connectivity index (χ3v) is 7.14. The summed E-state index contributed by atoms with van der Waals surface area (Å²) < 4.78 is 5.08. The van der Waals surface area contributed by atoms with Gasteiger partial charge in [0.25, 0.3) is 0 Å². The molecule has 4 heteroatoms. The number of carbonyl (C=O) groups is 1. The summed E-state index contributed by atoms with van der Waals surface area (Å²) in [6.07, 6.45) is 2.37. The van der Waals surface area contributed by atoms with E-state index in [2.05, 4.69) is 69.0 Å². The third-order valence-electron chi connectivity index (χ3n) is 4.89. The van der Waals surface area contributed by atoms with Crippen LogP contribution in [-0.4, -0.2) is 17.3 Å². The zero-order valence-corrected chi connectivity index (χ0v) is 19.7. The number of carbonyl (C=O) groups excluding carboxylic acids is 1. The predicted octanol–water partition coefficient (Wildman–Crippen LogP) is 6.95. The second-order valence-electron chi connectivity index (χ2n) is 7.93. The van der Waals surface area contributed by atoms with Crippen LogP contribution in [-0.2, 0) is 4.74 Å². The van der Waals surface area contributed by atoms with Gasteiger partial charge < -0.3 is 4.74 Å². The van der Waals surface area contributed by atoms with Crippen molar-refractivity contribution in [2.75, 3.05) is 6.61 Å². The lowest BCUT2D eigenvalue weighted by Crippen LogP contribution is -2.15. The highest BCUT2D eigenvalue weighted by Gasteiger charge is 2.27. The van der Waals surface area contributed by atoms with E-state index in [4.69, 9.17) is 4.74 Å². The van der Waals surface area contributed by atoms with Crippen LogP contribution in [0.2, 0.25) is 0 Å². The quantitative estimate of drug-likeness (QED) is 0.323. The van der Waals surface area contributed by atoms with Crippen LogP contribution in [0.25, 0.3) is 5.57 Å². The number of thiophene rings is 1. The Kier molecular flexibility index (Phi) is 6.09. The molecule has 0 spiro atoms. The molecular formula is C27H24O2S2. The Hall–Kier alpha value is -2.74. The van der Waals surface area contributed by atoms with Gasteiger partial charge in [-0.05, 0) is 93.4 Å². The van der Waals surface area contributed by atoms with E-state index in [-0.39, 0.29) is 10.7 Å². The van der Waals surface area contributed by atoms with Crippen molar-refractivity contribution in [3.63, 3.8) is 0 Å². The molecule has 1 aliphatic heterocycles. The highest BCUT2D eigenvalue weighted by molar-refractivity contribution is 8.01. The fourth-order valence-corrected chi connectivity index (χ4v) is 5.53. The predicted molar refractivity (Wildman–Crippen MR) is 131 cm³/mol. The van der Waals surface area contributed by atoms with Crippen LogP contribution in [0.4, 0.5) is 0 Å². The second-order valence-corrected chi connectivity index (χ2v) is 10.9. The first-order valence-electron chi connectivity index (χ1n) is 10.3. The molecule has 0 N–H and O–H groups in total. The smallest absolute Gasteiger partial charge is 0.338 e. The van der Waals surface area contributed by atoms with E-state index in [9.17, 15) is 4.79 Å². The normalized spacial score (nSPS) is 14.1. The molecule has 2 aromatic carbocycles. The summed E-state index contributed by atoms with van der Waals surface area (Å²) in [6, 6.07) is 18.1. The van der Waals surface area contributed by atoms with Gasteiger partial charge >= 0.3 is 5.97 Å². The molecule has 0 fully saturated rings. The van der Waals surface area contributed by atoms with Crippen molar-refractivity contribution in [2.45, 2.75) is 37.3 Å². The Bertz CT molecular complexity index is 1220. The summed E-state index contributed by atoms with van der Waals surface area (Å²) in [4.78, 5) is 15.7. The molecule has 1 aliphatic rings. The standard InChI is InChI=1S/C27H24O2S2/c1-5-29-26(28)21-12-9-19(10-13-21)7-8-20-11-15-25-22(16-20)23(17-27(3,4)31-25)24-14-6-18(2)30-24/h6,9-17H,5H2,1-4H3. The Morgan fingerprint density at radius 1 is 1.00 bits per heavy atom. The molecule has 156 valence electrons. The van der Waals surface area contributed by atoms with Gasteiger partial charge in [0.2, 0.25) is 0 Å². The summed E-state index contributed by atoms with van der Waals surface area (Å²) in [5.74, 6) is 6.19. The van der Waals surface area contributed by atoms with E-state index in [0.29, 0.717) is 12.2 Å². The van der Waals surface area contributed by atoms with E-state index in [0.717, 1.165) is 11.1 Å². The minimum Gasteiger partial charge on any atom is -0.462 e. The zero-order chi connectivity index (χ0) is 22.0. The molecule has 0 amide bonds. The van der Waals surface area contributed by atoms with Gasteiger partial charge in [0, 0.05) is 30.5 Å². The van der Waals surface area contributed by atoms with Gasteiger partial charge in [-0.3, -0.25) is 0 Å². The maximum absolute atomic E-state index is 11.8. The van der Waals surface area contributed by atoms with Gasteiger partial charge in [-0.25, -0.2) is 4.79 Å². The molecule has 0 aliphatic carbocycles. The number of aryl methyl sites for hydroxylation is 1. The number of rotatable bonds is 3. The number of hydrogen-bond donors (Lipinski definition) is 0. The first kappa shape index (κ1) is 21.5. The molecular weight excluding hydrogens is 420 g/mol. The largest absolute Gasteiger partial charge is 0.462 e. The number of hydrogen-bond acceptors (Lipinski definition) is 4. The summed E-state index contributed by atoms with van der Waals surface area (Å²) in [5, 5.41) is 0. The van der Waals surface area contributed by atoms with Crippen molar-refractivity contribution in [2.24, 2.45) is 0 Å². The average Bonchev–Trinajstić information content (AvgIpc) is 3.18. The Morgan fingerprint density at radius 2 is 1.71 bits per heavy atom. The molecule has 0 radical (unpaired) electrons. The minimum absolute atomic E-state index is 0.0497. The zero-order valence-electron chi connectivity index (χ0n) is 18.1. The van der Waals surface area contributed by atoms with E-state index in [1.807, 2.05) is 35.2 Å². The molecule has 0 atom stereocenters. The van der Waals surface area contributed by atoms with Crippen LogP contribution < -0.4 is 0 Å². The van der Waals surface area contributed by atoms with E-state index >= 15 is 0 Å². The maximum atomic E-state index is 11.8. The topological polar surface area (TPSA) is 26.3 Å². The monoisotopic (exact) mass is 444 g/mol. The molecule has 3 aromatic rings. The summed E-state index contributed by atoms with van der Waals surface area (Å²) in [7, 11) is 0. The Labute approximate surface area is 192 Å². The number of benzene rings is 2. The fraction of sp³-hybridized carbons (Fsp3) is 0.222. The first-order valence-corrected chi connectivity index (χ1v) is 11.9. The van der Waals surface area contributed by atoms with Crippen LogP contribution in [0.1, 0.15) is 57.6 Å². The lowest BCUT2D eigenvalue weighted by molar-refractivity contribution is 0.0526. The van der Waals surface area contributed by atoms with Crippen LogP contribution >= 0.6 is 23.1 Å². The van der Waals surface area contributed by atoms with E-state index < -0.39 is 0 Å². The number of ether oxygens (including phenoxy) is 1. The van der Waals surface area contributed by atoms with Crippen LogP contribution in [0.5, 0.6) is 0 Å². The highest BCUT2D eigenvalue weighted by atomic mass is 32.2. The second kappa shape index (κ2) is 8.78. The Balaban J connectivity index is 1.64. The molecule has 31 heavy (non-hydrogen) atoms. The van der Waals surface area contributed by atoms with Crippen molar-refractivity contribution < 1.29 is 9.53 Å². The lowest BCUT2D eigenvalue weighted by Gasteiger charge is -2.29. The first-order chi connectivity index (χ1) is 14.8. The van der Waals surface area contributed by atoms with Crippen molar-refractivity contribution >= 4 is 34.6 Å². The minimum atomic E-state index is -0.305. The summed E-state index contributed by atoms with van der Waals surface area (Å²) >= 11 is 3.72. The molecule has 0 saturated heterocycles. The van der Waals surface area contributed by atoms with Crippen molar-refractivity contribution in [3.8, 4) is 11.8 Å². The molecule has 4 rings (SSSR count). The SMILES string of the molecule is CCOC(=O)c1ccc(C#Cc2ccc3c(c2)C(c2ccc(C)s2)=CC(C)(C)S3)cc1. The van der Waals surface area contributed by atoms with Gasteiger partial charge in [0.05, 0.1) is 12.2 Å². The van der Waals surface area contributed by atoms with Gasteiger partial charge in [-0.1, -0.05) is 17.9 Å². The molecule has 2 heterocycles. The number of fused-ring (bicyclic) bond motifs is 1. The third kappa shape index (κ3) is 4.95. The van der Waals surface area contributed by atoms with Gasteiger partial charge in [-0.2, -0.15) is 0 Å². The lowest BCUT2D eigenvalue weighted by atomic mass is 9.97. The molecule has 0 bridgehead atoms. The van der Waals surface area contributed by atoms with E-state index in [1.165, 1.54) is 25.8 Å². The molecule has 1 aromatic heterocycles. The summed E-state index contributed by atoms with van der Waals surface area (Å²) in [6.45, 7) is 8.84. The van der Waals surface area contributed by atoms with Gasteiger partial charge in [-0.15, -0.1) is 23.1 Å². The highest BCUT2D eigenvalue weighted by Crippen LogP contribution is 2.47. The van der Waals surface area contributed by atoms with Crippen molar-refractivity contribution in [1.29, 1.82) is 0 Å². The van der Waals surface area contributed by atoms with Crippen molar-refractivity contribution in [1.82, 2.24) is 0 Å². The molecule has 0 saturated carbocycles. The number of esters is 1.